The molecule has 0 heterocycles. The molecule has 0 bridgehead atoms. The highest BCUT2D eigenvalue weighted by molar-refractivity contribution is 5.75. The molecule has 0 rings (SSSR count). The van der Waals surface area contributed by atoms with Crippen molar-refractivity contribution in [3.63, 3.8) is 0 Å². The lowest BCUT2D eigenvalue weighted by Gasteiger charge is -2.24. The monoisotopic (exact) mass is 369 g/mol. The Morgan fingerprint density at radius 2 is 1.23 bits per heavy atom. The van der Waals surface area contributed by atoms with Gasteiger partial charge in [0, 0.05) is 19.6 Å². The van der Waals surface area contributed by atoms with E-state index >= 15 is 0 Å². The second-order valence-corrected chi connectivity index (χ2v) is 8.29. The molecule has 0 saturated heterocycles. The Morgan fingerprint density at radius 3 is 1.69 bits per heavy atom. The first kappa shape index (κ1) is 25.4. The Kier molecular flexibility index (Phi) is 17.4. The number of hydrogen-bond donors (Lipinski definition) is 1. The molecule has 0 aliphatic rings. The molecule has 26 heavy (non-hydrogen) atoms. The van der Waals surface area contributed by atoms with Gasteiger partial charge in [-0.2, -0.15) is 0 Å². The van der Waals surface area contributed by atoms with Crippen molar-refractivity contribution in [2.75, 3.05) is 13.2 Å². The van der Waals surface area contributed by atoms with Crippen molar-refractivity contribution in [2.24, 2.45) is 0 Å². The molecule has 0 fully saturated rings. The Bertz CT molecular complexity index is 315. The summed E-state index contributed by atoms with van der Waals surface area (Å²) in [5, 5.41) is 3.02. The zero-order valence-electron chi connectivity index (χ0n) is 18.3. The summed E-state index contributed by atoms with van der Waals surface area (Å²) in [5.74, 6) is 0.195. The van der Waals surface area contributed by atoms with E-state index in [1.807, 2.05) is 6.92 Å². The van der Waals surface area contributed by atoms with Gasteiger partial charge in [0.2, 0.25) is 5.91 Å². The summed E-state index contributed by atoms with van der Waals surface area (Å²) in [5.41, 5.74) is -0.141. The van der Waals surface area contributed by atoms with E-state index in [0.29, 0.717) is 13.0 Å². The SMILES string of the molecule is CCCCCCCCCCCCCCCC(=O)NCCC(C)(C)OCC. The van der Waals surface area contributed by atoms with E-state index in [2.05, 4.69) is 26.1 Å². The molecule has 0 aliphatic heterocycles. The lowest BCUT2D eigenvalue weighted by molar-refractivity contribution is -0.121. The van der Waals surface area contributed by atoms with E-state index in [0.717, 1.165) is 19.4 Å². The Labute approximate surface area is 164 Å². The third-order valence-corrected chi connectivity index (χ3v) is 5.09. The molecule has 1 amide bonds. The van der Waals surface area contributed by atoms with Crippen LogP contribution in [0.15, 0.2) is 0 Å². The van der Waals surface area contributed by atoms with Crippen molar-refractivity contribution in [3.8, 4) is 0 Å². The quantitative estimate of drug-likeness (QED) is 0.255. The van der Waals surface area contributed by atoms with Crippen LogP contribution >= 0.6 is 0 Å². The summed E-state index contributed by atoms with van der Waals surface area (Å²) in [6, 6.07) is 0. The molecule has 0 aromatic rings. The van der Waals surface area contributed by atoms with Gasteiger partial charge >= 0.3 is 0 Å². The van der Waals surface area contributed by atoms with Gasteiger partial charge in [-0.25, -0.2) is 0 Å². The first-order chi connectivity index (χ1) is 12.5. The predicted molar refractivity (Wildman–Crippen MR) is 114 cm³/mol. The van der Waals surface area contributed by atoms with Gasteiger partial charge in [-0.15, -0.1) is 0 Å². The minimum absolute atomic E-state index is 0.141. The number of nitrogens with one attached hydrogen (secondary N) is 1. The highest BCUT2D eigenvalue weighted by Crippen LogP contribution is 2.14. The number of carbonyl (C=O) groups excluding carboxylic acids is 1. The van der Waals surface area contributed by atoms with Crippen molar-refractivity contribution >= 4 is 5.91 Å². The van der Waals surface area contributed by atoms with E-state index in [1.165, 1.54) is 77.0 Å². The molecule has 0 radical (unpaired) electrons. The van der Waals surface area contributed by atoms with Gasteiger partial charge in [0.1, 0.15) is 0 Å². The van der Waals surface area contributed by atoms with Crippen LogP contribution in [0.25, 0.3) is 0 Å². The molecule has 0 aliphatic carbocycles. The van der Waals surface area contributed by atoms with Crippen molar-refractivity contribution in [1.29, 1.82) is 0 Å². The van der Waals surface area contributed by atoms with Crippen LogP contribution in [-0.2, 0) is 9.53 Å². The number of ether oxygens (including phenoxy) is 1. The topological polar surface area (TPSA) is 38.3 Å². The van der Waals surface area contributed by atoms with Crippen LogP contribution in [0.2, 0.25) is 0 Å². The lowest BCUT2D eigenvalue weighted by Crippen LogP contribution is -2.32. The highest BCUT2D eigenvalue weighted by atomic mass is 16.5. The van der Waals surface area contributed by atoms with E-state index in [1.54, 1.807) is 0 Å². The molecule has 3 heteroatoms. The van der Waals surface area contributed by atoms with Gasteiger partial charge in [0.15, 0.2) is 0 Å². The predicted octanol–water partition coefficient (Wildman–Crippen LogP) is 6.79. The van der Waals surface area contributed by atoms with Crippen LogP contribution in [0.4, 0.5) is 0 Å². The Morgan fingerprint density at radius 1 is 0.769 bits per heavy atom. The fourth-order valence-corrected chi connectivity index (χ4v) is 3.36. The zero-order chi connectivity index (χ0) is 19.5. The minimum Gasteiger partial charge on any atom is -0.376 e. The first-order valence-electron chi connectivity index (χ1n) is 11.4. The number of amides is 1. The summed E-state index contributed by atoms with van der Waals surface area (Å²) in [6.45, 7) is 9.88. The minimum atomic E-state index is -0.141. The summed E-state index contributed by atoms with van der Waals surface area (Å²) >= 11 is 0. The number of hydrogen-bond acceptors (Lipinski definition) is 2. The fourth-order valence-electron chi connectivity index (χ4n) is 3.36. The molecule has 0 saturated carbocycles. The standard InChI is InChI=1S/C23H47NO2/c1-5-7-8-9-10-11-12-13-14-15-16-17-18-19-22(25)24-21-20-23(3,4)26-6-2/h5-21H2,1-4H3,(H,24,25). The van der Waals surface area contributed by atoms with Crippen molar-refractivity contribution < 1.29 is 9.53 Å². The third kappa shape index (κ3) is 18.2. The average Bonchev–Trinajstić information content (AvgIpc) is 2.58. The van der Waals surface area contributed by atoms with Crippen LogP contribution in [-0.4, -0.2) is 24.7 Å². The van der Waals surface area contributed by atoms with Gasteiger partial charge in [0.25, 0.3) is 0 Å². The largest absolute Gasteiger partial charge is 0.376 e. The van der Waals surface area contributed by atoms with Crippen LogP contribution in [0, 0.1) is 0 Å². The van der Waals surface area contributed by atoms with Gasteiger partial charge in [-0.1, -0.05) is 84.0 Å². The van der Waals surface area contributed by atoms with E-state index in [9.17, 15) is 4.79 Å². The Hall–Kier alpha value is -0.570. The van der Waals surface area contributed by atoms with E-state index in [-0.39, 0.29) is 11.5 Å². The maximum absolute atomic E-state index is 11.8. The normalized spacial score (nSPS) is 11.7. The molecule has 156 valence electrons. The molecule has 0 aromatic heterocycles. The molecular weight excluding hydrogens is 322 g/mol. The highest BCUT2D eigenvalue weighted by Gasteiger charge is 2.17. The van der Waals surface area contributed by atoms with Gasteiger partial charge < -0.3 is 10.1 Å². The molecular formula is C23H47NO2. The third-order valence-electron chi connectivity index (χ3n) is 5.09. The second kappa shape index (κ2) is 17.8. The molecule has 1 N–H and O–H groups in total. The fraction of sp³-hybridized carbons (Fsp3) is 0.957. The molecule has 0 atom stereocenters. The number of unbranched alkanes of at least 4 members (excludes halogenated alkanes) is 12. The number of rotatable bonds is 19. The molecule has 0 spiro atoms. The van der Waals surface area contributed by atoms with Crippen molar-refractivity contribution in [2.45, 2.75) is 130 Å². The summed E-state index contributed by atoms with van der Waals surface area (Å²) in [6.07, 6.45) is 19.0. The van der Waals surface area contributed by atoms with Crippen LogP contribution < -0.4 is 5.32 Å². The van der Waals surface area contributed by atoms with Crippen molar-refractivity contribution in [3.05, 3.63) is 0 Å². The van der Waals surface area contributed by atoms with Gasteiger partial charge in [-0.3, -0.25) is 4.79 Å². The lowest BCUT2D eigenvalue weighted by atomic mass is 10.0. The molecule has 3 nitrogen and oxygen atoms in total. The average molecular weight is 370 g/mol. The van der Waals surface area contributed by atoms with Crippen LogP contribution in [0.3, 0.4) is 0 Å². The molecule has 0 aromatic carbocycles. The zero-order valence-corrected chi connectivity index (χ0v) is 18.3. The first-order valence-corrected chi connectivity index (χ1v) is 11.4. The Balaban J connectivity index is 3.28. The van der Waals surface area contributed by atoms with Gasteiger partial charge in [-0.05, 0) is 33.6 Å². The molecule has 0 unspecified atom stereocenters. The smallest absolute Gasteiger partial charge is 0.219 e. The van der Waals surface area contributed by atoms with E-state index in [4.69, 9.17) is 4.74 Å². The van der Waals surface area contributed by atoms with Crippen molar-refractivity contribution in [1.82, 2.24) is 5.32 Å². The summed E-state index contributed by atoms with van der Waals surface area (Å²) in [7, 11) is 0. The van der Waals surface area contributed by atoms with E-state index < -0.39 is 0 Å². The summed E-state index contributed by atoms with van der Waals surface area (Å²) in [4.78, 5) is 11.8. The second-order valence-electron chi connectivity index (χ2n) is 8.29. The number of carbonyl (C=O) groups is 1. The summed E-state index contributed by atoms with van der Waals surface area (Å²) < 4.78 is 5.64. The maximum atomic E-state index is 11.8. The van der Waals surface area contributed by atoms with Gasteiger partial charge in [0.05, 0.1) is 5.60 Å². The van der Waals surface area contributed by atoms with Crippen LogP contribution in [0.5, 0.6) is 0 Å². The van der Waals surface area contributed by atoms with Crippen LogP contribution in [0.1, 0.15) is 124 Å². The maximum Gasteiger partial charge on any atom is 0.219 e.